The van der Waals surface area contributed by atoms with Crippen LogP contribution < -0.4 is 19.9 Å². The highest BCUT2D eigenvalue weighted by molar-refractivity contribution is 5.92. The van der Waals surface area contributed by atoms with Gasteiger partial charge in [-0.3, -0.25) is 0 Å². The van der Waals surface area contributed by atoms with E-state index in [4.69, 9.17) is 24.7 Å². The van der Waals surface area contributed by atoms with Crippen LogP contribution in [0.4, 0.5) is 0 Å². The Morgan fingerprint density at radius 2 is 1.79 bits per heavy atom. The summed E-state index contributed by atoms with van der Waals surface area (Å²) in [4.78, 5) is 11.9. The predicted octanol–water partition coefficient (Wildman–Crippen LogP) is 2.49. The van der Waals surface area contributed by atoms with E-state index in [0.29, 0.717) is 36.0 Å². The molecule has 0 atom stereocenters. The van der Waals surface area contributed by atoms with E-state index in [0.717, 1.165) is 11.1 Å². The Labute approximate surface area is 141 Å². The third-order valence-electron chi connectivity index (χ3n) is 3.43. The number of rotatable bonds is 7. The zero-order valence-electron chi connectivity index (χ0n) is 14.0. The maximum absolute atomic E-state index is 11.9. The van der Waals surface area contributed by atoms with E-state index in [1.807, 2.05) is 12.1 Å². The van der Waals surface area contributed by atoms with Crippen LogP contribution in [-0.2, 0) is 4.74 Å². The molecule has 0 spiro atoms. The minimum atomic E-state index is -0.448. The molecule has 0 aromatic heterocycles. The molecule has 0 heterocycles. The lowest BCUT2D eigenvalue weighted by molar-refractivity contribution is 0.0600. The molecule has 6 nitrogen and oxygen atoms in total. The number of hydrogen-bond acceptors (Lipinski definition) is 6. The van der Waals surface area contributed by atoms with Crippen molar-refractivity contribution < 1.29 is 23.7 Å². The molecular formula is C18H21NO5. The van der Waals surface area contributed by atoms with Crippen molar-refractivity contribution in [2.24, 2.45) is 5.73 Å². The Morgan fingerprint density at radius 3 is 2.42 bits per heavy atom. The molecule has 0 aliphatic carbocycles. The van der Waals surface area contributed by atoms with Crippen LogP contribution in [0.5, 0.6) is 17.2 Å². The van der Waals surface area contributed by atoms with Crippen LogP contribution in [0.2, 0.25) is 0 Å². The molecule has 24 heavy (non-hydrogen) atoms. The van der Waals surface area contributed by atoms with Crippen LogP contribution in [0.3, 0.4) is 0 Å². The second kappa shape index (κ2) is 8.21. The summed E-state index contributed by atoms with van der Waals surface area (Å²) in [7, 11) is 4.51. The number of methoxy groups -OCH3 is 3. The highest BCUT2D eigenvalue weighted by Crippen LogP contribution is 2.36. The Balaban J connectivity index is 2.57. The molecular weight excluding hydrogens is 310 g/mol. The van der Waals surface area contributed by atoms with Crippen molar-refractivity contribution in [3.63, 3.8) is 0 Å². The normalized spacial score (nSPS) is 10.2. The topological polar surface area (TPSA) is 80.0 Å². The van der Waals surface area contributed by atoms with Gasteiger partial charge in [0.25, 0.3) is 0 Å². The predicted molar refractivity (Wildman–Crippen MR) is 90.9 cm³/mol. The van der Waals surface area contributed by atoms with E-state index < -0.39 is 5.97 Å². The average Bonchev–Trinajstić information content (AvgIpc) is 2.64. The summed E-state index contributed by atoms with van der Waals surface area (Å²) in [6.07, 6.45) is 0. The van der Waals surface area contributed by atoms with Crippen LogP contribution in [0, 0.1) is 0 Å². The molecule has 0 bridgehead atoms. The fourth-order valence-electron chi connectivity index (χ4n) is 2.29. The van der Waals surface area contributed by atoms with Gasteiger partial charge in [0, 0.05) is 12.1 Å². The fraction of sp³-hybridized carbons (Fsp3) is 0.278. The van der Waals surface area contributed by atoms with Crippen molar-refractivity contribution in [1.29, 1.82) is 0 Å². The van der Waals surface area contributed by atoms with Gasteiger partial charge < -0.3 is 24.7 Å². The van der Waals surface area contributed by atoms with Gasteiger partial charge in [-0.2, -0.15) is 0 Å². The molecule has 0 aliphatic heterocycles. The Hall–Kier alpha value is -2.73. The van der Waals surface area contributed by atoms with Gasteiger partial charge in [0.1, 0.15) is 23.9 Å². The minimum absolute atomic E-state index is 0.347. The number of carbonyl (C=O) groups excluding carboxylic acids is 1. The molecule has 0 amide bonds. The van der Waals surface area contributed by atoms with Crippen molar-refractivity contribution in [2.75, 3.05) is 34.5 Å². The van der Waals surface area contributed by atoms with Gasteiger partial charge in [0.15, 0.2) is 0 Å². The molecule has 0 unspecified atom stereocenters. The maximum atomic E-state index is 11.9. The minimum Gasteiger partial charge on any atom is -0.497 e. The standard InChI is InChI=1S/C18H21NO5/c1-21-14-4-5-17(22-2)16(11-14)12-8-13(18(20)23-3)10-15(9-12)24-7-6-19/h4-5,8-11H,6-7,19H2,1-3H3. The van der Waals surface area contributed by atoms with Crippen LogP contribution in [0.25, 0.3) is 11.1 Å². The first-order valence-electron chi connectivity index (χ1n) is 7.41. The molecule has 0 radical (unpaired) electrons. The Kier molecular flexibility index (Phi) is 6.03. The van der Waals surface area contributed by atoms with Crippen LogP contribution in [-0.4, -0.2) is 40.5 Å². The lowest BCUT2D eigenvalue weighted by Crippen LogP contribution is -2.11. The zero-order valence-corrected chi connectivity index (χ0v) is 14.0. The van der Waals surface area contributed by atoms with Gasteiger partial charge in [-0.25, -0.2) is 4.79 Å². The van der Waals surface area contributed by atoms with E-state index in [2.05, 4.69) is 0 Å². The van der Waals surface area contributed by atoms with Gasteiger partial charge >= 0.3 is 5.97 Å². The summed E-state index contributed by atoms with van der Waals surface area (Å²) in [6, 6.07) is 10.6. The lowest BCUT2D eigenvalue weighted by Gasteiger charge is -2.14. The highest BCUT2D eigenvalue weighted by atomic mass is 16.5. The smallest absolute Gasteiger partial charge is 0.338 e. The van der Waals surface area contributed by atoms with E-state index >= 15 is 0 Å². The first kappa shape index (κ1) is 17.6. The quantitative estimate of drug-likeness (QED) is 0.785. The fourth-order valence-corrected chi connectivity index (χ4v) is 2.29. The molecule has 0 saturated heterocycles. The Morgan fingerprint density at radius 1 is 1.00 bits per heavy atom. The van der Waals surface area contributed by atoms with Crippen molar-refractivity contribution in [3.8, 4) is 28.4 Å². The van der Waals surface area contributed by atoms with E-state index in [9.17, 15) is 4.79 Å². The Bertz CT molecular complexity index is 715. The highest BCUT2D eigenvalue weighted by Gasteiger charge is 2.14. The van der Waals surface area contributed by atoms with Gasteiger partial charge in [-0.05, 0) is 42.0 Å². The van der Waals surface area contributed by atoms with E-state index in [1.165, 1.54) is 7.11 Å². The molecule has 6 heteroatoms. The largest absolute Gasteiger partial charge is 0.497 e. The van der Waals surface area contributed by atoms with Crippen molar-refractivity contribution in [3.05, 3.63) is 42.0 Å². The lowest BCUT2D eigenvalue weighted by atomic mass is 10.0. The van der Waals surface area contributed by atoms with Gasteiger partial charge in [0.05, 0.1) is 26.9 Å². The number of nitrogens with two attached hydrogens (primary N) is 1. The molecule has 2 rings (SSSR count). The molecule has 0 saturated carbocycles. The maximum Gasteiger partial charge on any atom is 0.338 e. The molecule has 128 valence electrons. The molecule has 2 aromatic carbocycles. The first-order valence-corrected chi connectivity index (χ1v) is 7.41. The average molecular weight is 331 g/mol. The van der Waals surface area contributed by atoms with Crippen molar-refractivity contribution in [1.82, 2.24) is 0 Å². The molecule has 2 aromatic rings. The summed E-state index contributed by atoms with van der Waals surface area (Å²) >= 11 is 0. The number of carbonyl (C=O) groups is 1. The zero-order chi connectivity index (χ0) is 17.5. The summed E-state index contributed by atoms with van der Waals surface area (Å²) in [5.41, 5.74) is 7.39. The second-order valence-electron chi connectivity index (χ2n) is 4.94. The first-order chi connectivity index (χ1) is 11.6. The third-order valence-corrected chi connectivity index (χ3v) is 3.43. The summed E-state index contributed by atoms with van der Waals surface area (Å²) in [5, 5.41) is 0. The van der Waals surface area contributed by atoms with Crippen molar-refractivity contribution in [2.45, 2.75) is 0 Å². The van der Waals surface area contributed by atoms with Gasteiger partial charge in [-0.15, -0.1) is 0 Å². The van der Waals surface area contributed by atoms with E-state index in [1.54, 1.807) is 38.5 Å². The monoisotopic (exact) mass is 331 g/mol. The molecule has 2 N–H and O–H groups in total. The molecule has 0 aliphatic rings. The second-order valence-corrected chi connectivity index (χ2v) is 4.94. The summed E-state index contributed by atoms with van der Waals surface area (Å²) < 4.78 is 21.1. The van der Waals surface area contributed by atoms with Gasteiger partial charge in [0.2, 0.25) is 0 Å². The SMILES string of the molecule is COC(=O)c1cc(OCCN)cc(-c2cc(OC)ccc2OC)c1. The number of ether oxygens (including phenoxy) is 4. The van der Waals surface area contributed by atoms with Crippen molar-refractivity contribution >= 4 is 5.97 Å². The van der Waals surface area contributed by atoms with Crippen LogP contribution in [0.1, 0.15) is 10.4 Å². The third kappa shape index (κ3) is 3.97. The summed E-state index contributed by atoms with van der Waals surface area (Å²) in [6.45, 7) is 0.722. The summed E-state index contributed by atoms with van der Waals surface area (Å²) in [5.74, 6) is 1.42. The molecule has 0 fully saturated rings. The van der Waals surface area contributed by atoms with E-state index in [-0.39, 0.29) is 0 Å². The number of benzene rings is 2. The van der Waals surface area contributed by atoms with Crippen LogP contribution in [0.15, 0.2) is 36.4 Å². The number of hydrogen-bond donors (Lipinski definition) is 1. The number of esters is 1. The van der Waals surface area contributed by atoms with Gasteiger partial charge in [-0.1, -0.05) is 0 Å². The van der Waals surface area contributed by atoms with Crippen LogP contribution >= 0.6 is 0 Å².